The van der Waals surface area contributed by atoms with Gasteiger partial charge in [-0.25, -0.2) is 9.78 Å². The van der Waals surface area contributed by atoms with Crippen LogP contribution < -0.4 is 0 Å². The first-order chi connectivity index (χ1) is 11.8. The minimum Gasteiger partial charge on any atom is -0.508 e. The van der Waals surface area contributed by atoms with E-state index in [-0.39, 0.29) is 23.7 Å². The van der Waals surface area contributed by atoms with E-state index in [9.17, 15) is 9.90 Å². The second kappa shape index (κ2) is 6.59. The third-order valence-corrected chi connectivity index (χ3v) is 3.96. The summed E-state index contributed by atoms with van der Waals surface area (Å²) in [6, 6.07) is 12.6. The van der Waals surface area contributed by atoms with Crippen molar-refractivity contribution < 1.29 is 19.1 Å². The molecule has 0 aliphatic heterocycles. The summed E-state index contributed by atoms with van der Waals surface area (Å²) in [6.07, 6.45) is 0.551. The third-order valence-electron chi connectivity index (χ3n) is 3.96. The summed E-state index contributed by atoms with van der Waals surface area (Å²) in [6.45, 7) is 6.34. The Balaban J connectivity index is 1.63. The van der Waals surface area contributed by atoms with Gasteiger partial charge in [0.25, 0.3) is 0 Å². The molecule has 130 valence electrons. The summed E-state index contributed by atoms with van der Waals surface area (Å²) in [7, 11) is 0. The van der Waals surface area contributed by atoms with Crippen molar-refractivity contribution in [3.63, 3.8) is 0 Å². The van der Waals surface area contributed by atoms with E-state index in [1.54, 1.807) is 18.2 Å². The van der Waals surface area contributed by atoms with Crippen molar-refractivity contribution in [1.29, 1.82) is 0 Å². The van der Waals surface area contributed by atoms with Crippen LogP contribution >= 0.6 is 0 Å². The number of para-hydroxylation sites is 2. The molecule has 0 saturated heterocycles. The fourth-order valence-electron chi connectivity index (χ4n) is 2.62. The van der Waals surface area contributed by atoms with Gasteiger partial charge in [0.15, 0.2) is 5.58 Å². The maximum absolute atomic E-state index is 12.1. The van der Waals surface area contributed by atoms with E-state index in [4.69, 9.17) is 9.15 Å². The van der Waals surface area contributed by atoms with Crippen LogP contribution in [0, 0.1) is 0 Å². The summed E-state index contributed by atoms with van der Waals surface area (Å²) < 4.78 is 10.7. The maximum atomic E-state index is 12.1. The Morgan fingerprint density at radius 2 is 1.96 bits per heavy atom. The number of hydrogen-bond acceptors (Lipinski definition) is 5. The van der Waals surface area contributed by atoms with Gasteiger partial charge in [0, 0.05) is 6.42 Å². The van der Waals surface area contributed by atoms with E-state index >= 15 is 0 Å². The summed E-state index contributed by atoms with van der Waals surface area (Å²) in [5, 5.41) is 10.00. The van der Waals surface area contributed by atoms with Crippen molar-refractivity contribution in [2.24, 2.45) is 0 Å². The number of esters is 1. The number of rotatable bonds is 4. The molecule has 5 heteroatoms. The number of nitrogens with zero attached hydrogens (tertiary/aromatic N) is 1. The Bertz CT molecular complexity index is 872. The minimum atomic E-state index is -0.578. The first-order valence-corrected chi connectivity index (χ1v) is 8.19. The topological polar surface area (TPSA) is 72.6 Å². The van der Waals surface area contributed by atoms with Crippen molar-refractivity contribution in [2.75, 3.05) is 6.61 Å². The molecule has 0 radical (unpaired) electrons. The molecule has 1 heterocycles. The average Bonchev–Trinajstić information content (AvgIpc) is 2.99. The Morgan fingerprint density at radius 3 is 2.68 bits per heavy atom. The number of carbonyl (C=O) groups is 1. The van der Waals surface area contributed by atoms with E-state index in [2.05, 4.69) is 4.98 Å². The molecule has 0 aliphatic rings. The first-order valence-electron chi connectivity index (χ1n) is 8.19. The van der Waals surface area contributed by atoms with Gasteiger partial charge >= 0.3 is 11.9 Å². The molecule has 0 fully saturated rings. The number of ether oxygens (including phenoxy) is 1. The van der Waals surface area contributed by atoms with Crippen molar-refractivity contribution in [3.8, 4) is 5.75 Å². The van der Waals surface area contributed by atoms with Gasteiger partial charge in [-0.05, 0) is 34.7 Å². The summed E-state index contributed by atoms with van der Waals surface area (Å²) in [5.74, 6) is -0.340. The molecular formula is C20H21NO4. The smallest absolute Gasteiger partial charge is 0.394 e. The van der Waals surface area contributed by atoms with Gasteiger partial charge in [0.05, 0.1) is 6.61 Å². The van der Waals surface area contributed by atoms with Gasteiger partial charge in [0.2, 0.25) is 0 Å². The molecule has 2 aromatic carbocycles. The first kappa shape index (κ1) is 17.0. The SMILES string of the molecule is CC(C)(C)c1cc(CCOC(=O)c2nc3ccccc3o2)ccc1O. The number of aromatic hydroxyl groups is 1. The molecule has 0 aliphatic carbocycles. The third kappa shape index (κ3) is 3.82. The zero-order valence-electron chi connectivity index (χ0n) is 14.6. The predicted molar refractivity (Wildman–Crippen MR) is 94.8 cm³/mol. The van der Waals surface area contributed by atoms with Crippen LogP contribution in [-0.2, 0) is 16.6 Å². The highest BCUT2D eigenvalue weighted by Crippen LogP contribution is 2.31. The second-order valence-electron chi connectivity index (χ2n) is 6.97. The summed E-state index contributed by atoms with van der Waals surface area (Å²) >= 11 is 0. The monoisotopic (exact) mass is 339 g/mol. The molecule has 0 amide bonds. The van der Waals surface area contributed by atoms with Crippen LogP contribution in [0.5, 0.6) is 5.75 Å². The Hall–Kier alpha value is -2.82. The molecule has 0 bridgehead atoms. The molecule has 0 spiro atoms. The van der Waals surface area contributed by atoms with E-state index in [0.29, 0.717) is 17.5 Å². The highest BCUT2D eigenvalue weighted by Gasteiger charge is 2.19. The van der Waals surface area contributed by atoms with Crippen molar-refractivity contribution in [3.05, 3.63) is 59.5 Å². The van der Waals surface area contributed by atoms with E-state index in [0.717, 1.165) is 11.1 Å². The van der Waals surface area contributed by atoms with Gasteiger partial charge in [-0.1, -0.05) is 45.0 Å². The lowest BCUT2D eigenvalue weighted by atomic mass is 9.85. The predicted octanol–water partition coefficient (Wildman–Crippen LogP) is 4.23. The fraction of sp³-hybridized carbons (Fsp3) is 0.300. The summed E-state index contributed by atoms with van der Waals surface area (Å²) in [5.41, 5.74) is 2.89. The largest absolute Gasteiger partial charge is 0.508 e. The van der Waals surface area contributed by atoms with Crippen molar-refractivity contribution in [1.82, 2.24) is 4.98 Å². The van der Waals surface area contributed by atoms with Gasteiger partial charge in [-0.3, -0.25) is 0 Å². The molecule has 0 saturated carbocycles. The number of carbonyl (C=O) groups excluding carboxylic acids is 1. The molecule has 3 rings (SSSR count). The van der Waals surface area contributed by atoms with E-state index in [1.165, 1.54) is 0 Å². The quantitative estimate of drug-likeness (QED) is 0.720. The zero-order chi connectivity index (χ0) is 18.0. The van der Waals surface area contributed by atoms with Crippen LogP contribution in [-0.4, -0.2) is 22.7 Å². The number of benzene rings is 2. The lowest BCUT2D eigenvalue weighted by Gasteiger charge is -2.21. The molecular weight excluding hydrogens is 318 g/mol. The molecule has 0 unspecified atom stereocenters. The fourth-order valence-corrected chi connectivity index (χ4v) is 2.62. The van der Waals surface area contributed by atoms with Gasteiger partial charge < -0.3 is 14.3 Å². The van der Waals surface area contributed by atoms with Gasteiger partial charge in [0.1, 0.15) is 11.3 Å². The lowest BCUT2D eigenvalue weighted by Crippen LogP contribution is -2.13. The number of phenols is 1. The van der Waals surface area contributed by atoms with Crippen molar-refractivity contribution >= 4 is 17.1 Å². The summed E-state index contributed by atoms with van der Waals surface area (Å²) in [4.78, 5) is 16.2. The number of oxazole rings is 1. The number of hydrogen-bond donors (Lipinski definition) is 1. The molecule has 1 N–H and O–H groups in total. The van der Waals surface area contributed by atoms with Crippen LogP contribution in [0.25, 0.3) is 11.1 Å². The number of fused-ring (bicyclic) bond motifs is 1. The Kier molecular flexibility index (Phi) is 4.49. The van der Waals surface area contributed by atoms with Crippen LogP contribution in [0.4, 0.5) is 0 Å². The number of phenolic OH excluding ortho intramolecular Hbond substituents is 1. The highest BCUT2D eigenvalue weighted by molar-refractivity contribution is 5.88. The van der Waals surface area contributed by atoms with Crippen LogP contribution in [0.3, 0.4) is 0 Å². The molecule has 0 atom stereocenters. The minimum absolute atomic E-state index is 0.0395. The zero-order valence-corrected chi connectivity index (χ0v) is 14.6. The van der Waals surface area contributed by atoms with Crippen LogP contribution in [0.1, 0.15) is 42.6 Å². The molecule has 1 aromatic heterocycles. The highest BCUT2D eigenvalue weighted by atomic mass is 16.5. The van der Waals surface area contributed by atoms with Crippen molar-refractivity contribution in [2.45, 2.75) is 32.6 Å². The average molecular weight is 339 g/mol. The number of aromatic nitrogens is 1. The molecule has 3 aromatic rings. The van der Waals surface area contributed by atoms with Gasteiger partial charge in [-0.2, -0.15) is 0 Å². The lowest BCUT2D eigenvalue weighted by molar-refractivity contribution is 0.0466. The van der Waals surface area contributed by atoms with E-state index < -0.39 is 5.97 Å². The van der Waals surface area contributed by atoms with Crippen LogP contribution in [0.2, 0.25) is 0 Å². The van der Waals surface area contributed by atoms with Gasteiger partial charge in [-0.15, -0.1) is 0 Å². The Labute approximate surface area is 146 Å². The van der Waals surface area contributed by atoms with Crippen LogP contribution in [0.15, 0.2) is 46.9 Å². The normalized spacial score (nSPS) is 11.6. The standard InChI is InChI=1S/C20H21NO4/c1-20(2,3)14-12-13(8-9-16(14)22)10-11-24-19(23)18-21-15-6-4-5-7-17(15)25-18/h4-9,12,22H,10-11H2,1-3H3. The van der Waals surface area contributed by atoms with E-state index in [1.807, 2.05) is 45.0 Å². The molecule has 5 nitrogen and oxygen atoms in total. The second-order valence-corrected chi connectivity index (χ2v) is 6.97. The maximum Gasteiger partial charge on any atom is 0.394 e. The Morgan fingerprint density at radius 1 is 1.20 bits per heavy atom. The molecule has 25 heavy (non-hydrogen) atoms.